The van der Waals surface area contributed by atoms with E-state index in [1.807, 2.05) is 18.2 Å². The van der Waals surface area contributed by atoms with Crippen LogP contribution in [0.2, 0.25) is 0 Å². The number of sulfonamides is 1. The van der Waals surface area contributed by atoms with Crippen molar-refractivity contribution in [3.63, 3.8) is 0 Å². The standard InChI is InChI=1S/C21H32N2O5S/c1-27-18-8-7-16(13-19(18)28-2)9-12-22-20(24)17-14-23(29(3,25)26)15-21(17)10-5-4-6-11-21/h7-8,13,17H,4-6,9-12,14-15H2,1-3H3,(H,22,24). The molecule has 0 bridgehead atoms. The van der Waals surface area contributed by atoms with Gasteiger partial charge in [0.05, 0.1) is 26.4 Å². The van der Waals surface area contributed by atoms with Crippen molar-refractivity contribution in [2.24, 2.45) is 11.3 Å². The molecular weight excluding hydrogens is 392 g/mol. The summed E-state index contributed by atoms with van der Waals surface area (Å²) in [6, 6.07) is 5.72. The van der Waals surface area contributed by atoms with Crippen LogP contribution in [0.5, 0.6) is 11.5 Å². The van der Waals surface area contributed by atoms with E-state index < -0.39 is 10.0 Å². The lowest BCUT2D eigenvalue weighted by Crippen LogP contribution is -2.43. The van der Waals surface area contributed by atoms with Crippen molar-refractivity contribution >= 4 is 15.9 Å². The van der Waals surface area contributed by atoms with Crippen LogP contribution in [0.15, 0.2) is 18.2 Å². The number of nitrogens with one attached hydrogen (secondary N) is 1. The average Bonchev–Trinajstić information content (AvgIpc) is 3.07. The zero-order valence-electron chi connectivity index (χ0n) is 17.6. The largest absolute Gasteiger partial charge is 0.493 e. The number of hydrogen-bond acceptors (Lipinski definition) is 5. The lowest BCUT2D eigenvalue weighted by Gasteiger charge is -2.37. The van der Waals surface area contributed by atoms with E-state index in [0.717, 1.165) is 37.7 Å². The minimum absolute atomic E-state index is 0.0291. The smallest absolute Gasteiger partial charge is 0.225 e. The first kappa shape index (κ1) is 21.9. The van der Waals surface area contributed by atoms with Gasteiger partial charge in [-0.1, -0.05) is 25.3 Å². The van der Waals surface area contributed by atoms with Gasteiger partial charge in [0.15, 0.2) is 11.5 Å². The second kappa shape index (κ2) is 8.92. The molecule has 1 spiro atoms. The zero-order valence-corrected chi connectivity index (χ0v) is 18.4. The summed E-state index contributed by atoms with van der Waals surface area (Å²) in [5.74, 6) is 1.03. The van der Waals surface area contributed by atoms with Crippen LogP contribution in [0, 0.1) is 11.3 Å². The fourth-order valence-corrected chi connectivity index (χ4v) is 5.70. The van der Waals surface area contributed by atoms with Crippen molar-refractivity contribution in [2.45, 2.75) is 38.5 Å². The molecular formula is C21H32N2O5S. The van der Waals surface area contributed by atoms with Crippen molar-refractivity contribution in [3.05, 3.63) is 23.8 Å². The number of carbonyl (C=O) groups is 1. The van der Waals surface area contributed by atoms with Gasteiger partial charge in [-0.2, -0.15) is 0 Å². The van der Waals surface area contributed by atoms with E-state index in [0.29, 0.717) is 37.6 Å². The number of carbonyl (C=O) groups excluding carboxylic acids is 1. The molecule has 1 amide bonds. The van der Waals surface area contributed by atoms with Gasteiger partial charge in [-0.15, -0.1) is 0 Å². The minimum Gasteiger partial charge on any atom is -0.493 e. The molecule has 1 saturated carbocycles. The molecule has 1 heterocycles. The molecule has 1 aromatic carbocycles. The number of rotatable bonds is 7. The fourth-order valence-electron chi connectivity index (χ4n) is 4.79. The number of nitrogens with zero attached hydrogens (tertiary/aromatic N) is 1. The maximum Gasteiger partial charge on any atom is 0.225 e. The summed E-state index contributed by atoms with van der Waals surface area (Å²) in [6.07, 6.45) is 7.04. The summed E-state index contributed by atoms with van der Waals surface area (Å²) < 4.78 is 36.3. The van der Waals surface area contributed by atoms with Crippen LogP contribution in [-0.2, 0) is 21.2 Å². The molecule has 1 aliphatic carbocycles. The number of hydrogen-bond donors (Lipinski definition) is 1. The van der Waals surface area contributed by atoms with Crippen molar-refractivity contribution in [2.75, 3.05) is 40.1 Å². The van der Waals surface area contributed by atoms with Crippen LogP contribution in [0.1, 0.15) is 37.7 Å². The number of amides is 1. The van der Waals surface area contributed by atoms with Crippen LogP contribution in [-0.4, -0.2) is 58.7 Å². The zero-order chi connectivity index (χ0) is 21.1. The molecule has 1 saturated heterocycles. The van der Waals surface area contributed by atoms with Gasteiger partial charge >= 0.3 is 0 Å². The highest BCUT2D eigenvalue weighted by Gasteiger charge is 2.52. The van der Waals surface area contributed by atoms with E-state index in [1.54, 1.807) is 14.2 Å². The summed E-state index contributed by atoms with van der Waals surface area (Å²) in [5.41, 5.74) is 0.828. The van der Waals surface area contributed by atoms with Crippen molar-refractivity contribution < 1.29 is 22.7 Å². The fraction of sp³-hybridized carbons (Fsp3) is 0.667. The Hall–Kier alpha value is -1.80. The van der Waals surface area contributed by atoms with E-state index in [1.165, 1.54) is 10.6 Å². The highest BCUT2D eigenvalue weighted by molar-refractivity contribution is 7.88. The third kappa shape index (κ3) is 4.86. The lowest BCUT2D eigenvalue weighted by atomic mass is 9.67. The molecule has 1 aliphatic heterocycles. The summed E-state index contributed by atoms with van der Waals surface area (Å²) >= 11 is 0. The van der Waals surface area contributed by atoms with Gasteiger partial charge in [0.2, 0.25) is 15.9 Å². The van der Waals surface area contributed by atoms with E-state index in [-0.39, 0.29) is 17.2 Å². The monoisotopic (exact) mass is 424 g/mol. The Kier molecular flexibility index (Phi) is 6.73. The first-order valence-corrected chi connectivity index (χ1v) is 12.1. The number of methoxy groups -OCH3 is 2. The maximum absolute atomic E-state index is 13.0. The molecule has 1 atom stereocenters. The molecule has 0 aromatic heterocycles. The third-order valence-electron chi connectivity index (χ3n) is 6.41. The van der Waals surface area contributed by atoms with Gasteiger partial charge in [0.1, 0.15) is 0 Å². The topological polar surface area (TPSA) is 84.9 Å². The van der Waals surface area contributed by atoms with Crippen molar-refractivity contribution in [1.82, 2.24) is 9.62 Å². The van der Waals surface area contributed by atoms with Crippen LogP contribution in [0.3, 0.4) is 0 Å². The second-order valence-corrected chi connectivity index (χ2v) is 10.2. The molecule has 7 nitrogen and oxygen atoms in total. The Morgan fingerprint density at radius 2 is 1.86 bits per heavy atom. The van der Waals surface area contributed by atoms with Crippen LogP contribution in [0.25, 0.3) is 0 Å². The molecule has 2 fully saturated rings. The Morgan fingerprint density at radius 1 is 1.17 bits per heavy atom. The van der Waals surface area contributed by atoms with Crippen molar-refractivity contribution in [1.29, 1.82) is 0 Å². The van der Waals surface area contributed by atoms with Gasteiger partial charge in [-0.3, -0.25) is 4.79 Å². The Morgan fingerprint density at radius 3 is 2.48 bits per heavy atom. The number of benzene rings is 1. The molecule has 2 aliphatic rings. The third-order valence-corrected chi connectivity index (χ3v) is 7.63. The molecule has 0 radical (unpaired) electrons. The molecule has 1 N–H and O–H groups in total. The second-order valence-electron chi connectivity index (χ2n) is 8.26. The van der Waals surface area contributed by atoms with E-state index in [2.05, 4.69) is 5.32 Å². The average molecular weight is 425 g/mol. The van der Waals surface area contributed by atoms with Crippen molar-refractivity contribution in [3.8, 4) is 11.5 Å². The van der Waals surface area contributed by atoms with E-state index >= 15 is 0 Å². The molecule has 8 heteroatoms. The van der Waals surface area contributed by atoms with Gasteiger partial charge in [0, 0.05) is 19.6 Å². The highest BCUT2D eigenvalue weighted by atomic mass is 32.2. The van der Waals surface area contributed by atoms with Gasteiger partial charge in [-0.05, 0) is 42.4 Å². The first-order chi connectivity index (χ1) is 13.8. The molecule has 3 rings (SSSR count). The van der Waals surface area contributed by atoms with E-state index in [4.69, 9.17) is 9.47 Å². The molecule has 29 heavy (non-hydrogen) atoms. The SMILES string of the molecule is COc1ccc(CCNC(=O)C2CN(S(C)(=O)=O)CC23CCCCC3)cc1OC. The summed E-state index contributed by atoms with van der Waals surface area (Å²) in [6.45, 7) is 1.26. The Bertz CT molecular complexity index is 833. The molecule has 162 valence electrons. The Balaban J connectivity index is 1.64. The van der Waals surface area contributed by atoms with Crippen LogP contribution < -0.4 is 14.8 Å². The lowest BCUT2D eigenvalue weighted by molar-refractivity contribution is -0.128. The molecule has 1 aromatic rings. The Labute approximate surface area is 173 Å². The summed E-state index contributed by atoms with van der Waals surface area (Å²) in [4.78, 5) is 13.0. The summed E-state index contributed by atoms with van der Waals surface area (Å²) in [5, 5.41) is 3.05. The molecule has 1 unspecified atom stereocenters. The normalized spacial score (nSPS) is 21.8. The predicted octanol–water partition coefficient (Wildman–Crippen LogP) is 2.20. The van der Waals surface area contributed by atoms with Gasteiger partial charge in [-0.25, -0.2) is 12.7 Å². The first-order valence-electron chi connectivity index (χ1n) is 10.2. The number of ether oxygens (including phenoxy) is 2. The quantitative estimate of drug-likeness (QED) is 0.725. The summed E-state index contributed by atoms with van der Waals surface area (Å²) in [7, 11) is -0.0993. The van der Waals surface area contributed by atoms with Gasteiger partial charge in [0.25, 0.3) is 0 Å². The predicted molar refractivity (Wildman–Crippen MR) is 112 cm³/mol. The van der Waals surface area contributed by atoms with Crippen LogP contribution >= 0.6 is 0 Å². The maximum atomic E-state index is 13.0. The van der Waals surface area contributed by atoms with Gasteiger partial charge < -0.3 is 14.8 Å². The minimum atomic E-state index is -3.29. The van der Waals surface area contributed by atoms with Crippen LogP contribution in [0.4, 0.5) is 0 Å². The van der Waals surface area contributed by atoms with E-state index in [9.17, 15) is 13.2 Å². The highest BCUT2D eigenvalue weighted by Crippen LogP contribution is 2.48.